The van der Waals surface area contributed by atoms with Gasteiger partial charge in [0.25, 0.3) is 0 Å². The minimum atomic E-state index is 0.754. The third-order valence-corrected chi connectivity index (χ3v) is 3.14. The third-order valence-electron chi connectivity index (χ3n) is 3.14. The maximum Gasteiger partial charge on any atom is 0.120 e. The van der Waals surface area contributed by atoms with Gasteiger partial charge in [-0.2, -0.15) is 0 Å². The fourth-order valence-electron chi connectivity index (χ4n) is 2.17. The van der Waals surface area contributed by atoms with Crippen LogP contribution in [0.4, 0.5) is 5.69 Å². The molecule has 0 aliphatic rings. The molecule has 3 nitrogen and oxygen atoms in total. The maximum atomic E-state index is 5.73. The zero-order valence-corrected chi connectivity index (χ0v) is 10.6. The monoisotopic (exact) mass is 250 g/mol. The van der Waals surface area contributed by atoms with Gasteiger partial charge in [0.05, 0.1) is 12.6 Å². The molecule has 19 heavy (non-hydrogen) atoms. The molecular formula is C16H14N2O. The lowest BCUT2D eigenvalue weighted by Crippen LogP contribution is -1.89. The summed E-state index contributed by atoms with van der Waals surface area (Å²) >= 11 is 0. The first-order chi connectivity index (χ1) is 9.28. The van der Waals surface area contributed by atoms with E-state index < -0.39 is 0 Å². The van der Waals surface area contributed by atoms with Gasteiger partial charge in [0.2, 0.25) is 0 Å². The van der Waals surface area contributed by atoms with Crippen molar-refractivity contribution in [1.29, 1.82) is 0 Å². The molecule has 0 fully saturated rings. The van der Waals surface area contributed by atoms with Crippen molar-refractivity contribution in [1.82, 2.24) is 4.98 Å². The topological polar surface area (TPSA) is 48.1 Å². The molecule has 3 aromatic rings. The summed E-state index contributed by atoms with van der Waals surface area (Å²) in [6, 6.07) is 15.7. The molecule has 94 valence electrons. The van der Waals surface area contributed by atoms with Crippen LogP contribution < -0.4 is 10.5 Å². The first-order valence-corrected chi connectivity index (χ1v) is 6.06. The lowest BCUT2D eigenvalue weighted by atomic mass is 10.0. The highest BCUT2D eigenvalue weighted by atomic mass is 16.5. The molecule has 2 aromatic carbocycles. The number of nitrogen functional groups attached to an aromatic ring is 1. The van der Waals surface area contributed by atoms with Crippen LogP contribution in [0.2, 0.25) is 0 Å². The predicted octanol–water partition coefficient (Wildman–Crippen LogP) is 3.49. The zero-order chi connectivity index (χ0) is 13.2. The fraction of sp³-hybridized carbons (Fsp3) is 0.0625. The number of nitrogens with two attached hydrogens (primary N) is 1. The van der Waals surface area contributed by atoms with Crippen LogP contribution in [0, 0.1) is 0 Å². The van der Waals surface area contributed by atoms with E-state index in [4.69, 9.17) is 10.5 Å². The van der Waals surface area contributed by atoms with E-state index in [2.05, 4.69) is 4.98 Å². The summed E-state index contributed by atoms with van der Waals surface area (Å²) in [5.74, 6) is 0.826. The Bertz CT molecular complexity index is 720. The van der Waals surface area contributed by atoms with Crippen LogP contribution in [0.3, 0.4) is 0 Å². The SMILES string of the molecule is COc1cc(-c2ccc(N)cc2)c2ncccc2c1. The molecule has 0 aliphatic heterocycles. The van der Waals surface area contributed by atoms with Gasteiger partial charge in [-0.25, -0.2) is 0 Å². The normalized spacial score (nSPS) is 10.6. The van der Waals surface area contributed by atoms with Crippen molar-refractivity contribution in [2.75, 3.05) is 12.8 Å². The molecule has 0 aliphatic carbocycles. The summed E-state index contributed by atoms with van der Waals surface area (Å²) in [5.41, 5.74) is 9.58. The van der Waals surface area contributed by atoms with E-state index in [1.165, 1.54) is 0 Å². The Morgan fingerprint density at radius 2 is 1.84 bits per heavy atom. The van der Waals surface area contributed by atoms with E-state index in [0.29, 0.717) is 0 Å². The van der Waals surface area contributed by atoms with Crippen molar-refractivity contribution < 1.29 is 4.74 Å². The van der Waals surface area contributed by atoms with Crippen LogP contribution in [-0.2, 0) is 0 Å². The number of fused-ring (bicyclic) bond motifs is 1. The number of ether oxygens (including phenoxy) is 1. The quantitative estimate of drug-likeness (QED) is 0.708. The zero-order valence-electron chi connectivity index (χ0n) is 10.6. The van der Waals surface area contributed by atoms with Gasteiger partial charge in [-0.05, 0) is 35.9 Å². The number of anilines is 1. The van der Waals surface area contributed by atoms with Gasteiger partial charge < -0.3 is 10.5 Å². The minimum Gasteiger partial charge on any atom is -0.497 e. The Balaban J connectivity index is 2.29. The number of nitrogens with zero attached hydrogens (tertiary/aromatic N) is 1. The summed E-state index contributed by atoms with van der Waals surface area (Å²) in [5, 5.41) is 1.06. The molecule has 1 aromatic heterocycles. The molecule has 0 saturated heterocycles. The predicted molar refractivity (Wildman–Crippen MR) is 78.1 cm³/mol. The average Bonchev–Trinajstić information content (AvgIpc) is 2.47. The van der Waals surface area contributed by atoms with E-state index >= 15 is 0 Å². The van der Waals surface area contributed by atoms with Crippen LogP contribution in [0.15, 0.2) is 54.7 Å². The summed E-state index contributed by atoms with van der Waals surface area (Å²) in [7, 11) is 1.67. The molecule has 0 atom stereocenters. The summed E-state index contributed by atoms with van der Waals surface area (Å²) in [6.45, 7) is 0. The van der Waals surface area contributed by atoms with Crippen molar-refractivity contribution in [3.63, 3.8) is 0 Å². The van der Waals surface area contributed by atoms with Crippen molar-refractivity contribution in [3.8, 4) is 16.9 Å². The number of aromatic nitrogens is 1. The van der Waals surface area contributed by atoms with E-state index in [9.17, 15) is 0 Å². The van der Waals surface area contributed by atoms with Crippen LogP contribution in [0.1, 0.15) is 0 Å². The molecule has 1 heterocycles. The standard InChI is InChI=1S/C16H14N2O/c1-19-14-9-12-3-2-8-18-16(12)15(10-14)11-4-6-13(17)7-5-11/h2-10H,17H2,1H3. The molecule has 0 bridgehead atoms. The number of rotatable bonds is 2. The second-order valence-corrected chi connectivity index (χ2v) is 4.37. The van der Waals surface area contributed by atoms with Crippen LogP contribution >= 0.6 is 0 Å². The number of pyridine rings is 1. The Morgan fingerprint density at radius 3 is 2.58 bits per heavy atom. The van der Waals surface area contributed by atoms with Gasteiger partial charge in [0.15, 0.2) is 0 Å². The third kappa shape index (κ3) is 2.10. The molecule has 3 heteroatoms. The van der Waals surface area contributed by atoms with Gasteiger partial charge in [-0.3, -0.25) is 4.98 Å². The lowest BCUT2D eigenvalue weighted by Gasteiger charge is -2.09. The molecule has 0 unspecified atom stereocenters. The Hall–Kier alpha value is -2.55. The Labute approximate surface area is 111 Å². The van der Waals surface area contributed by atoms with E-state index in [1.807, 2.05) is 48.5 Å². The van der Waals surface area contributed by atoms with E-state index in [-0.39, 0.29) is 0 Å². The second kappa shape index (κ2) is 4.61. The first kappa shape index (κ1) is 11.5. The van der Waals surface area contributed by atoms with Gasteiger partial charge in [-0.15, -0.1) is 0 Å². The molecule has 0 saturated carbocycles. The molecular weight excluding hydrogens is 236 g/mol. The van der Waals surface area contributed by atoms with Crippen LogP contribution in [0.25, 0.3) is 22.0 Å². The van der Waals surface area contributed by atoms with Crippen molar-refractivity contribution >= 4 is 16.6 Å². The largest absolute Gasteiger partial charge is 0.497 e. The van der Waals surface area contributed by atoms with Gasteiger partial charge in [0, 0.05) is 22.8 Å². The van der Waals surface area contributed by atoms with E-state index in [0.717, 1.165) is 33.5 Å². The van der Waals surface area contributed by atoms with Gasteiger partial charge in [-0.1, -0.05) is 18.2 Å². The van der Waals surface area contributed by atoms with Crippen molar-refractivity contribution in [2.45, 2.75) is 0 Å². The van der Waals surface area contributed by atoms with Crippen molar-refractivity contribution in [3.05, 3.63) is 54.7 Å². The van der Waals surface area contributed by atoms with Crippen LogP contribution in [0.5, 0.6) is 5.75 Å². The Morgan fingerprint density at radius 1 is 1.05 bits per heavy atom. The summed E-state index contributed by atoms with van der Waals surface area (Å²) in [4.78, 5) is 4.47. The first-order valence-electron chi connectivity index (χ1n) is 6.06. The maximum absolute atomic E-state index is 5.73. The molecule has 0 amide bonds. The van der Waals surface area contributed by atoms with Crippen LogP contribution in [-0.4, -0.2) is 12.1 Å². The highest BCUT2D eigenvalue weighted by molar-refractivity contribution is 5.95. The number of benzene rings is 2. The smallest absolute Gasteiger partial charge is 0.120 e. The summed E-state index contributed by atoms with van der Waals surface area (Å²) in [6.07, 6.45) is 1.80. The fourth-order valence-corrected chi connectivity index (χ4v) is 2.17. The van der Waals surface area contributed by atoms with Crippen molar-refractivity contribution in [2.24, 2.45) is 0 Å². The second-order valence-electron chi connectivity index (χ2n) is 4.37. The number of methoxy groups -OCH3 is 1. The highest BCUT2D eigenvalue weighted by Crippen LogP contribution is 2.31. The number of hydrogen-bond donors (Lipinski definition) is 1. The highest BCUT2D eigenvalue weighted by Gasteiger charge is 2.07. The molecule has 2 N–H and O–H groups in total. The van der Waals surface area contributed by atoms with E-state index in [1.54, 1.807) is 13.3 Å². The number of hydrogen-bond acceptors (Lipinski definition) is 3. The molecule has 3 rings (SSSR count). The van der Waals surface area contributed by atoms with Gasteiger partial charge >= 0.3 is 0 Å². The minimum absolute atomic E-state index is 0.754. The Kier molecular flexibility index (Phi) is 2.80. The molecule has 0 spiro atoms. The average molecular weight is 250 g/mol. The lowest BCUT2D eigenvalue weighted by molar-refractivity contribution is 0.415. The van der Waals surface area contributed by atoms with Gasteiger partial charge in [0.1, 0.15) is 5.75 Å². The molecule has 0 radical (unpaired) electrons. The summed E-state index contributed by atoms with van der Waals surface area (Å²) < 4.78 is 5.36.